The summed E-state index contributed by atoms with van der Waals surface area (Å²) in [5.74, 6) is 0.753. The maximum Gasteiger partial charge on any atom is 0.262 e. The Morgan fingerprint density at radius 2 is 1.78 bits per heavy atom. The smallest absolute Gasteiger partial charge is 0.262 e. The third-order valence-electron chi connectivity index (χ3n) is 4.16. The normalized spacial score (nSPS) is 10.5. The fourth-order valence-electron chi connectivity index (χ4n) is 2.72. The molecular formula is C22H23N3O2. The van der Waals surface area contributed by atoms with Gasteiger partial charge in [0.25, 0.3) is 5.91 Å². The molecule has 0 aliphatic heterocycles. The molecule has 1 N–H and O–H groups in total. The van der Waals surface area contributed by atoms with Crippen molar-refractivity contribution in [2.24, 2.45) is 0 Å². The minimum atomic E-state index is -0.218. The van der Waals surface area contributed by atoms with Gasteiger partial charge in [-0.1, -0.05) is 55.0 Å². The van der Waals surface area contributed by atoms with Crippen LogP contribution in [0, 0.1) is 13.8 Å². The molecule has 5 heteroatoms. The van der Waals surface area contributed by atoms with Gasteiger partial charge in [-0.15, -0.1) is 0 Å². The topological polar surface area (TPSA) is 64.1 Å². The number of nitrogens with zero attached hydrogens (tertiary/aromatic N) is 2. The van der Waals surface area contributed by atoms with Crippen molar-refractivity contribution in [3.63, 3.8) is 0 Å². The molecule has 0 saturated carbocycles. The number of para-hydroxylation sites is 1. The number of carbonyl (C=O) groups excluding carboxylic acids is 1. The van der Waals surface area contributed by atoms with E-state index in [1.807, 2.05) is 62.4 Å². The van der Waals surface area contributed by atoms with E-state index in [1.54, 1.807) is 6.07 Å². The quantitative estimate of drug-likeness (QED) is 0.709. The molecule has 0 unspecified atom stereocenters. The lowest BCUT2D eigenvalue weighted by Gasteiger charge is -2.11. The predicted octanol–water partition coefficient (Wildman–Crippen LogP) is 4.34. The number of ether oxygens (including phenoxy) is 1. The zero-order valence-corrected chi connectivity index (χ0v) is 15.8. The van der Waals surface area contributed by atoms with Crippen LogP contribution in [0.15, 0.2) is 54.6 Å². The summed E-state index contributed by atoms with van der Waals surface area (Å²) in [6.07, 6.45) is 0.850. The Hall–Kier alpha value is -3.21. The molecule has 0 radical (unpaired) electrons. The molecule has 5 nitrogen and oxygen atoms in total. The average molecular weight is 361 g/mol. The highest BCUT2D eigenvalue weighted by Crippen LogP contribution is 2.20. The Kier molecular flexibility index (Phi) is 5.81. The number of nitrogens with one attached hydrogen (secondary N) is 1. The number of carbonyl (C=O) groups is 1. The minimum Gasteiger partial charge on any atom is -0.467 e. The van der Waals surface area contributed by atoms with Gasteiger partial charge < -0.3 is 10.1 Å². The van der Waals surface area contributed by atoms with Crippen LogP contribution in [0.25, 0.3) is 11.4 Å². The predicted molar refractivity (Wildman–Crippen MR) is 107 cm³/mol. The van der Waals surface area contributed by atoms with Gasteiger partial charge >= 0.3 is 0 Å². The van der Waals surface area contributed by atoms with Crippen molar-refractivity contribution < 1.29 is 9.53 Å². The number of benzene rings is 2. The van der Waals surface area contributed by atoms with E-state index < -0.39 is 0 Å². The molecule has 1 amide bonds. The first-order valence-corrected chi connectivity index (χ1v) is 8.98. The van der Waals surface area contributed by atoms with Gasteiger partial charge in [-0.05, 0) is 31.9 Å². The van der Waals surface area contributed by atoms with Crippen LogP contribution in [0.3, 0.4) is 0 Å². The first kappa shape index (κ1) is 18.6. The summed E-state index contributed by atoms with van der Waals surface area (Å²) in [7, 11) is 0. The van der Waals surface area contributed by atoms with Crippen molar-refractivity contribution >= 4 is 11.6 Å². The second kappa shape index (κ2) is 8.45. The molecule has 138 valence electrons. The first-order valence-electron chi connectivity index (χ1n) is 8.98. The SMILES string of the molecule is CCc1ccccc1NC(=O)COc1cc(C)nc(-c2ccc(C)cc2)n1. The average Bonchev–Trinajstić information content (AvgIpc) is 2.67. The van der Waals surface area contributed by atoms with Gasteiger partial charge in [0, 0.05) is 23.0 Å². The van der Waals surface area contributed by atoms with Gasteiger partial charge in [-0.25, -0.2) is 4.98 Å². The van der Waals surface area contributed by atoms with Gasteiger partial charge in [-0.3, -0.25) is 4.79 Å². The first-order chi connectivity index (χ1) is 13.0. The van der Waals surface area contributed by atoms with Gasteiger partial charge in [0.1, 0.15) is 0 Å². The summed E-state index contributed by atoms with van der Waals surface area (Å²) < 4.78 is 5.62. The third-order valence-corrected chi connectivity index (χ3v) is 4.16. The van der Waals surface area contributed by atoms with E-state index in [2.05, 4.69) is 22.2 Å². The van der Waals surface area contributed by atoms with Crippen LogP contribution in [-0.4, -0.2) is 22.5 Å². The molecule has 0 fully saturated rings. The second-order valence-electron chi connectivity index (χ2n) is 6.38. The maximum atomic E-state index is 12.3. The van der Waals surface area contributed by atoms with Gasteiger partial charge in [0.15, 0.2) is 12.4 Å². The molecule has 0 saturated heterocycles. The molecule has 1 aromatic heterocycles. The van der Waals surface area contributed by atoms with Crippen LogP contribution < -0.4 is 10.1 Å². The summed E-state index contributed by atoms with van der Waals surface area (Å²) in [5, 5.41) is 2.89. The zero-order chi connectivity index (χ0) is 19.2. The summed E-state index contributed by atoms with van der Waals surface area (Å²) in [6.45, 7) is 5.86. The molecule has 0 aliphatic carbocycles. The van der Waals surface area contributed by atoms with Crippen molar-refractivity contribution in [1.29, 1.82) is 0 Å². The highest BCUT2D eigenvalue weighted by Gasteiger charge is 2.10. The largest absolute Gasteiger partial charge is 0.467 e. The third kappa shape index (κ3) is 4.91. The van der Waals surface area contributed by atoms with Crippen molar-refractivity contribution in [3.8, 4) is 17.3 Å². The van der Waals surface area contributed by atoms with Gasteiger partial charge in [0.05, 0.1) is 0 Å². The van der Waals surface area contributed by atoms with Crippen LogP contribution in [0.4, 0.5) is 5.69 Å². The molecule has 3 rings (SSSR count). The maximum absolute atomic E-state index is 12.3. The number of aryl methyl sites for hydroxylation is 3. The molecule has 2 aromatic carbocycles. The van der Waals surface area contributed by atoms with Crippen LogP contribution in [0.5, 0.6) is 5.88 Å². The number of hydrogen-bond donors (Lipinski definition) is 1. The lowest BCUT2D eigenvalue weighted by molar-refractivity contribution is -0.118. The van der Waals surface area contributed by atoms with E-state index in [0.717, 1.165) is 28.9 Å². The number of aromatic nitrogens is 2. The molecule has 0 spiro atoms. The molecule has 0 aliphatic rings. The van der Waals surface area contributed by atoms with E-state index in [0.29, 0.717) is 11.7 Å². The number of amides is 1. The molecule has 3 aromatic rings. The van der Waals surface area contributed by atoms with E-state index in [4.69, 9.17) is 4.74 Å². The minimum absolute atomic E-state index is 0.109. The Bertz CT molecular complexity index is 937. The van der Waals surface area contributed by atoms with Crippen LogP contribution in [-0.2, 0) is 11.2 Å². The Morgan fingerprint density at radius 3 is 2.52 bits per heavy atom. The number of anilines is 1. The van der Waals surface area contributed by atoms with Gasteiger partial charge in [-0.2, -0.15) is 4.98 Å². The lowest BCUT2D eigenvalue weighted by atomic mass is 10.1. The van der Waals surface area contributed by atoms with E-state index in [-0.39, 0.29) is 12.5 Å². The van der Waals surface area contributed by atoms with E-state index in [9.17, 15) is 4.79 Å². The lowest BCUT2D eigenvalue weighted by Crippen LogP contribution is -2.21. The van der Waals surface area contributed by atoms with Crippen molar-refractivity contribution in [2.75, 3.05) is 11.9 Å². The van der Waals surface area contributed by atoms with Gasteiger partial charge in [0.2, 0.25) is 5.88 Å². The number of hydrogen-bond acceptors (Lipinski definition) is 4. The second-order valence-corrected chi connectivity index (χ2v) is 6.38. The van der Waals surface area contributed by atoms with E-state index >= 15 is 0 Å². The fourth-order valence-corrected chi connectivity index (χ4v) is 2.72. The van der Waals surface area contributed by atoms with Crippen LogP contribution >= 0.6 is 0 Å². The summed E-state index contributed by atoms with van der Waals surface area (Å²) >= 11 is 0. The molecule has 0 bridgehead atoms. The zero-order valence-electron chi connectivity index (χ0n) is 15.8. The summed E-state index contributed by atoms with van der Waals surface area (Å²) in [6, 6.07) is 17.5. The van der Waals surface area contributed by atoms with E-state index in [1.165, 1.54) is 5.56 Å². The Balaban J connectivity index is 1.69. The van der Waals surface area contributed by atoms with Crippen molar-refractivity contribution in [3.05, 3.63) is 71.4 Å². The summed E-state index contributed by atoms with van der Waals surface area (Å²) in [4.78, 5) is 21.1. The van der Waals surface area contributed by atoms with Crippen molar-refractivity contribution in [1.82, 2.24) is 9.97 Å². The molecular weight excluding hydrogens is 338 g/mol. The molecule has 27 heavy (non-hydrogen) atoms. The van der Waals surface area contributed by atoms with Crippen LogP contribution in [0.2, 0.25) is 0 Å². The fraction of sp³-hybridized carbons (Fsp3) is 0.227. The number of rotatable bonds is 6. The molecule has 0 atom stereocenters. The monoisotopic (exact) mass is 361 g/mol. The Labute approximate surface area is 159 Å². The highest BCUT2D eigenvalue weighted by molar-refractivity contribution is 5.92. The van der Waals surface area contributed by atoms with Crippen molar-refractivity contribution in [2.45, 2.75) is 27.2 Å². The highest BCUT2D eigenvalue weighted by atomic mass is 16.5. The Morgan fingerprint density at radius 1 is 1.04 bits per heavy atom. The molecule has 1 heterocycles. The van der Waals surface area contributed by atoms with Crippen LogP contribution in [0.1, 0.15) is 23.7 Å². The summed E-state index contributed by atoms with van der Waals surface area (Å²) in [5.41, 5.74) is 4.77. The standard InChI is InChI=1S/C22H23N3O2/c1-4-17-7-5-6-8-19(17)24-20(26)14-27-21-13-16(3)23-22(25-21)18-11-9-15(2)10-12-18/h5-13H,4,14H2,1-3H3,(H,24,26).